The molecule has 0 aliphatic carbocycles. The van der Waals surface area contributed by atoms with Gasteiger partial charge in [0.05, 0.1) is 0 Å². The molecule has 0 spiro atoms. The lowest BCUT2D eigenvalue weighted by Crippen LogP contribution is -2.34. The number of unbranched alkanes of at least 4 members (excludes halogenated alkanes) is 2. The molecule has 1 heterocycles. The van der Waals surface area contributed by atoms with Gasteiger partial charge in [-0.2, -0.15) is 4.98 Å². The minimum absolute atomic E-state index is 0.173. The molecule has 242 valence electrons. The van der Waals surface area contributed by atoms with Crippen LogP contribution in [-0.4, -0.2) is 78.5 Å². The van der Waals surface area contributed by atoms with Gasteiger partial charge in [-0.1, -0.05) is 109 Å². The van der Waals surface area contributed by atoms with Gasteiger partial charge in [-0.3, -0.25) is 5.32 Å². The number of aromatic nitrogens is 2. The van der Waals surface area contributed by atoms with Crippen LogP contribution in [-0.2, 0) is 9.47 Å². The monoisotopic (exact) mass is 663 g/mol. The number of alkyl carbamates (subject to hydrolysis) is 1. The number of carbonyl (C=O) groups is 2. The number of hydrogen-bond acceptors (Lipinski definition) is 11. The van der Waals surface area contributed by atoms with Crippen molar-refractivity contribution < 1.29 is 19.1 Å². The molecule has 0 bridgehead atoms. The van der Waals surface area contributed by atoms with Crippen LogP contribution in [0.25, 0.3) is 0 Å². The highest BCUT2D eigenvalue weighted by Crippen LogP contribution is 2.28. The Balaban J connectivity index is 2.19. The minimum atomic E-state index is -0.572. The van der Waals surface area contributed by atoms with E-state index in [1.165, 1.54) is 51.4 Å². The smallest absolute Gasteiger partial charge is 0.414 e. The zero-order valence-electron chi connectivity index (χ0n) is 26.2. The molecule has 0 radical (unpaired) electrons. The van der Waals surface area contributed by atoms with Crippen LogP contribution in [0.15, 0.2) is 12.3 Å². The van der Waals surface area contributed by atoms with Crippen LogP contribution in [0.3, 0.4) is 0 Å². The molecule has 1 aromatic heterocycles. The minimum Gasteiger partial charge on any atom is -0.449 e. The fourth-order valence-corrected chi connectivity index (χ4v) is 8.55. The number of likely N-dealkylation sites (N-methyl/N-ethyl adjacent to an activating group) is 1. The van der Waals surface area contributed by atoms with Crippen LogP contribution >= 0.6 is 43.2 Å². The summed E-state index contributed by atoms with van der Waals surface area (Å²) < 4.78 is 10.6. The van der Waals surface area contributed by atoms with E-state index in [2.05, 4.69) is 48.3 Å². The van der Waals surface area contributed by atoms with Crippen LogP contribution in [0, 0.1) is 11.8 Å². The SMILES string of the molecule is CCCC[C@@H](CC)CSSCCOC(=O)NCCN(C)c1ccnc(NC(=O)OCCSSC[C@@H](CC)CCCC)n1. The molecule has 9 nitrogen and oxygen atoms in total. The van der Waals surface area contributed by atoms with Crippen molar-refractivity contribution in [3.05, 3.63) is 12.3 Å². The van der Waals surface area contributed by atoms with Gasteiger partial charge in [-0.25, -0.2) is 14.6 Å². The van der Waals surface area contributed by atoms with Crippen molar-refractivity contribution in [3.63, 3.8) is 0 Å². The van der Waals surface area contributed by atoms with Crippen LogP contribution < -0.4 is 15.5 Å². The second-order valence-corrected chi connectivity index (χ2v) is 15.3. The fraction of sp³-hybridized carbons (Fsp3) is 0.793. The van der Waals surface area contributed by atoms with Crippen molar-refractivity contribution in [2.24, 2.45) is 11.8 Å². The summed E-state index contributed by atoms with van der Waals surface area (Å²) in [5.41, 5.74) is 0. The van der Waals surface area contributed by atoms with Crippen molar-refractivity contribution in [1.29, 1.82) is 0 Å². The molecule has 0 saturated heterocycles. The molecule has 0 aliphatic heterocycles. The van der Waals surface area contributed by atoms with Gasteiger partial charge >= 0.3 is 12.2 Å². The third-order valence-electron chi connectivity index (χ3n) is 6.62. The van der Waals surface area contributed by atoms with E-state index in [-0.39, 0.29) is 5.95 Å². The number of nitrogens with zero attached hydrogens (tertiary/aromatic N) is 3. The predicted octanol–water partition coefficient (Wildman–Crippen LogP) is 8.38. The Hall–Kier alpha value is -1.18. The normalized spacial score (nSPS) is 12.4. The Kier molecular flexibility index (Phi) is 24.3. The molecule has 42 heavy (non-hydrogen) atoms. The molecule has 0 fully saturated rings. The number of nitrogens with one attached hydrogen (secondary N) is 2. The lowest BCUT2D eigenvalue weighted by atomic mass is 10.0. The zero-order valence-corrected chi connectivity index (χ0v) is 29.5. The number of carbonyl (C=O) groups excluding carboxylic acids is 2. The summed E-state index contributed by atoms with van der Waals surface area (Å²) in [6, 6.07) is 1.74. The van der Waals surface area contributed by atoms with Crippen LogP contribution in [0.5, 0.6) is 0 Å². The number of hydrogen-bond donors (Lipinski definition) is 2. The highest BCUT2D eigenvalue weighted by Gasteiger charge is 2.11. The van der Waals surface area contributed by atoms with E-state index in [0.717, 1.165) is 34.8 Å². The highest BCUT2D eigenvalue weighted by molar-refractivity contribution is 8.77. The van der Waals surface area contributed by atoms with E-state index in [1.807, 2.05) is 33.5 Å². The molecule has 2 amide bonds. The summed E-state index contributed by atoms with van der Waals surface area (Å²) in [5, 5.41) is 5.36. The fourth-order valence-electron chi connectivity index (χ4n) is 3.78. The maximum atomic E-state index is 12.2. The molecule has 2 atom stereocenters. The Morgan fingerprint density at radius 1 is 0.881 bits per heavy atom. The first-order chi connectivity index (χ1) is 20.4. The third kappa shape index (κ3) is 19.9. The standard InChI is InChI=1S/C29H53N5O4S4/c1-6-10-12-24(8-3)22-41-39-20-18-37-28(35)31-16-17-34(5)26-14-15-30-27(32-26)33-29(36)38-19-21-40-42-23-25(9-4)13-11-7-2/h14-15,24-25H,6-13,16-23H2,1-5H3,(H,31,35)(H,30,32,33,36)/t24-,25+/m1/s1. The largest absolute Gasteiger partial charge is 0.449 e. The van der Waals surface area contributed by atoms with Crippen molar-refractivity contribution in [2.45, 2.75) is 79.1 Å². The maximum Gasteiger partial charge on any atom is 0.414 e. The van der Waals surface area contributed by atoms with Gasteiger partial charge in [-0.15, -0.1) is 0 Å². The van der Waals surface area contributed by atoms with E-state index in [1.54, 1.807) is 33.9 Å². The molecular formula is C29H53N5O4S4. The average molecular weight is 664 g/mol. The van der Waals surface area contributed by atoms with Crippen molar-refractivity contribution in [3.8, 4) is 0 Å². The second-order valence-electron chi connectivity index (χ2n) is 10.0. The van der Waals surface area contributed by atoms with Gasteiger partial charge in [0, 0.05) is 49.3 Å². The molecule has 13 heteroatoms. The molecule has 0 aliphatic rings. The number of anilines is 2. The molecule has 0 aromatic carbocycles. The molecule has 0 saturated carbocycles. The molecule has 1 aromatic rings. The lowest BCUT2D eigenvalue weighted by molar-refractivity contribution is 0.153. The Labute approximate surface area is 270 Å². The van der Waals surface area contributed by atoms with Crippen LogP contribution in [0.4, 0.5) is 21.4 Å². The predicted molar refractivity (Wildman–Crippen MR) is 186 cm³/mol. The molecular weight excluding hydrogens is 611 g/mol. The number of rotatable bonds is 25. The summed E-state index contributed by atoms with van der Waals surface area (Å²) in [6.45, 7) is 10.6. The van der Waals surface area contributed by atoms with Crippen molar-refractivity contribution in [2.75, 3.05) is 66.6 Å². The molecule has 1 rings (SSSR count). The van der Waals surface area contributed by atoms with Gasteiger partial charge in [0.15, 0.2) is 0 Å². The van der Waals surface area contributed by atoms with E-state index < -0.39 is 12.2 Å². The van der Waals surface area contributed by atoms with Gasteiger partial charge in [0.1, 0.15) is 19.0 Å². The average Bonchev–Trinajstić information content (AvgIpc) is 2.99. The first-order valence-electron chi connectivity index (χ1n) is 15.3. The Morgan fingerprint density at radius 2 is 1.45 bits per heavy atom. The quantitative estimate of drug-likeness (QED) is 0.0778. The summed E-state index contributed by atoms with van der Waals surface area (Å²) in [6.07, 6.45) is 10.7. The van der Waals surface area contributed by atoms with E-state index in [4.69, 9.17) is 9.47 Å². The van der Waals surface area contributed by atoms with Crippen LogP contribution in [0.1, 0.15) is 79.1 Å². The Morgan fingerprint density at radius 3 is 2.00 bits per heavy atom. The molecule has 0 unspecified atom stereocenters. The Bertz CT molecular complexity index is 843. The number of ether oxygens (including phenoxy) is 2. The summed E-state index contributed by atoms with van der Waals surface area (Å²) in [5.74, 6) is 6.12. The van der Waals surface area contributed by atoms with Gasteiger partial charge < -0.3 is 19.7 Å². The lowest BCUT2D eigenvalue weighted by Gasteiger charge is -2.18. The van der Waals surface area contributed by atoms with Crippen molar-refractivity contribution >= 4 is 67.1 Å². The summed E-state index contributed by atoms with van der Waals surface area (Å²) in [7, 11) is 9.08. The van der Waals surface area contributed by atoms with Gasteiger partial charge in [0.2, 0.25) is 5.95 Å². The third-order valence-corrected chi connectivity index (χ3v) is 11.7. The zero-order chi connectivity index (χ0) is 30.8. The molecule has 2 N–H and O–H groups in total. The van der Waals surface area contributed by atoms with E-state index >= 15 is 0 Å². The highest BCUT2D eigenvalue weighted by atomic mass is 33.1. The van der Waals surface area contributed by atoms with E-state index in [0.29, 0.717) is 32.1 Å². The van der Waals surface area contributed by atoms with Crippen molar-refractivity contribution in [1.82, 2.24) is 15.3 Å². The maximum absolute atomic E-state index is 12.2. The second kappa shape index (κ2) is 26.2. The van der Waals surface area contributed by atoms with Gasteiger partial charge in [-0.05, 0) is 30.7 Å². The van der Waals surface area contributed by atoms with Gasteiger partial charge in [0.25, 0.3) is 0 Å². The van der Waals surface area contributed by atoms with E-state index in [9.17, 15) is 9.59 Å². The summed E-state index contributed by atoms with van der Waals surface area (Å²) in [4.78, 5) is 34.5. The van der Waals surface area contributed by atoms with Crippen LogP contribution in [0.2, 0.25) is 0 Å². The summed E-state index contributed by atoms with van der Waals surface area (Å²) >= 11 is 0. The topological polar surface area (TPSA) is 106 Å². The first-order valence-corrected chi connectivity index (χ1v) is 20.3. The first kappa shape index (κ1) is 38.8. The number of amides is 2.